The Labute approximate surface area is 207 Å². The van der Waals surface area contributed by atoms with Gasteiger partial charge in [0.2, 0.25) is 17.7 Å². The second-order valence-electron chi connectivity index (χ2n) is 7.15. The van der Waals surface area contributed by atoms with E-state index in [4.69, 9.17) is 5.73 Å². The van der Waals surface area contributed by atoms with E-state index < -0.39 is 47.9 Å². The molecule has 33 heavy (non-hydrogen) atoms. The van der Waals surface area contributed by atoms with Gasteiger partial charge < -0.3 is 31.9 Å². The summed E-state index contributed by atoms with van der Waals surface area (Å²) in [6.07, 6.45) is 2.10. The summed E-state index contributed by atoms with van der Waals surface area (Å²) < 4.78 is 0. The number of benzene rings is 1. The molecule has 0 aliphatic rings. The molecule has 0 aromatic heterocycles. The van der Waals surface area contributed by atoms with Gasteiger partial charge in [0.15, 0.2) is 0 Å². The molecular weight excluding hydrogens is 488 g/mol. The Kier molecular flexibility index (Phi) is 13.1. The molecule has 0 spiro atoms. The highest BCUT2D eigenvalue weighted by Crippen LogP contribution is 2.12. The summed E-state index contributed by atoms with van der Waals surface area (Å²) >= 11 is 9.53. The van der Waals surface area contributed by atoms with E-state index in [1.54, 1.807) is 12.1 Å². The molecular formula is C20H30N4O6S3. The average Bonchev–Trinajstić information content (AvgIpc) is 2.79. The Balaban J connectivity index is 2.96. The fraction of sp³-hybridized carbons (Fsp3) is 0.500. The van der Waals surface area contributed by atoms with Crippen molar-refractivity contribution in [2.24, 2.45) is 5.73 Å². The Morgan fingerprint density at radius 2 is 1.48 bits per heavy atom. The van der Waals surface area contributed by atoms with Crippen LogP contribution in [0.5, 0.6) is 5.75 Å². The van der Waals surface area contributed by atoms with Gasteiger partial charge in [-0.3, -0.25) is 14.4 Å². The average molecular weight is 519 g/mol. The van der Waals surface area contributed by atoms with Crippen LogP contribution >= 0.6 is 37.0 Å². The Morgan fingerprint density at radius 1 is 0.939 bits per heavy atom. The summed E-state index contributed by atoms with van der Waals surface area (Å²) in [4.78, 5) is 49.2. The maximum atomic E-state index is 13.0. The first-order valence-corrected chi connectivity index (χ1v) is 12.7. The molecule has 0 radical (unpaired) electrons. The van der Waals surface area contributed by atoms with Crippen molar-refractivity contribution in [3.8, 4) is 5.75 Å². The smallest absolute Gasteiger partial charge is 0.326 e. The number of nitrogens with one attached hydrogen (secondary N) is 3. The summed E-state index contributed by atoms with van der Waals surface area (Å²) in [7, 11) is 0. The Bertz CT molecular complexity index is 811. The molecule has 0 fully saturated rings. The SMILES string of the molecule is CSCCC(NC(=O)C(CS)NC(=O)C(Cc1ccc(O)cc1)NC(=O)C(N)CS)C(=O)O. The lowest BCUT2D eigenvalue weighted by molar-refractivity contribution is -0.142. The van der Waals surface area contributed by atoms with Crippen molar-refractivity contribution in [2.75, 3.05) is 23.5 Å². The lowest BCUT2D eigenvalue weighted by atomic mass is 10.0. The quantitative estimate of drug-likeness (QED) is 0.151. The number of aromatic hydroxyl groups is 1. The molecule has 0 heterocycles. The van der Waals surface area contributed by atoms with Crippen LogP contribution in [0.2, 0.25) is 0 Å². The number of nitrogens with two attached hydrogens (primary N) is 1. The second kappa shape index (κ2) is 14.9. The van der Waals surface area contributed by atoms with Crippen LogP contribution in [-0.4, -0.2) is 81.6 Å². The van der Waals surface area contributed by atoms with Gasteiger partial charge in [-0.15, -0.1) is 0 Å². The minimum atomic E-state index is -1.18. The van der Waals surface area contributed by atoms with Crippen LogP contribution in [0.15, 0.2) is 24.3 Å². The number of aliphatic carboxylic acids is 1. The third-order valence-corrected chi connectivity index (χ3v) is 5.99. The number of hydrogen-bond acceptors (Lipinski definition) is 9. The van der Waals surface area contributed by atoms with Gasteiger partial charge in [0.05, 0.1) is 6.04 Å². The van der Waals surface area contributed by atoms with Crippen LogP contribution in [0, 0.1) is 0 Å². The molecule has 4 unspecified atom stereocenters. The minimum Gasteiger partial charge on any atom is -0.508 e. The first-order valence-electron chi connectivity index (χ1n) is 10.0. The van der Waals surface area contributed by atoms with Gasteiger partial charge >= 0.3 is 5.97 Å². The number of carboxylic acids is 1. The lowest BCUT2D eigenvalue weighted by Gasteiger charge is -2.24. The molecule has 13 heteroatoms. The van der Waals surface area contributed by atoms with Gasteiger partial charge in [-0.05, 0) is 36.1 Å². The van der Waals surface area contributed by atoms with E-state index in [2.05, 4.69) is 41.2 Å². The van der Waals surface area contributed by atoms with E-state index in [9.17, 15) is 29.4 Å². The third kappa shape index (κ3) is 10.2. The van der Waals surface area contributed by atoms with E-state index in [0.717, 1.165) is 0 Å². The van der Waals surface area contributed by atoms with E-state index in [1.807, 2.05) is 6.26 Å². The van der Waals surface area contributed by atoms with Crippen molar-refractivity contribution >= 4 is 60.7 Å². The largest absolute Gasteiger partial charge is 0.508 e. The molecule has 0 bridgehead atoms. The number of thiol groups is 2. The summed E-state index contributed by atoms with van der Waals surface area (Å²) in [5, 5.41) is 26.2. The molecule has 1 rings (SSSR count). The van der Waals surface area contributed by atoms with Crippen molar-refractivity contribution in [2.45, 2.75) is 37.0 Å². The van der Waals surface area contributed by atoms with Crippen molar-refractivity contribution in [1.29, 1.82) is 0 Å². The molecule has 10 nitrogen and oxygen atoms in total. The molecule has 1 aromatic rings. The van der Waals surface area contributed by atoms with Crippen LogP contribution in [-0.2, 0) is 25.6 Å². The maximum Gasteiger partial charge on any atom is 0.326 e. The van der Waals surface area contributed by atoms with Gasteiger partial charge in [0, 0.05) is 17.9 Å². The fourth-order valence-electron chi connectivity index (χ4n) is 2.67. The zero-order valence-electron chi connectivity index (χ0n) is 18.1. The zero-order chi connectivity index (χ0) is 25.0. The summed E-state index contributed by atoms with van der Waals surface area (Å²) in [5.41, 5.74) is 6.33. The second-order valence-corrected chi connectivity index (χ2v) is 8.86. The highest BCUT2D eigenvalue weighted by Gasteiger charge is 2.29. The zero-order valence-corrected chi connectivity index (χ0v) is 20.7. The molecule has 0 aliphatic heterocycles. The first-order chi connectivity index (χ1) is 15.6. The molecule has 0 aliphatic carbocycles. The normalized spacial score (nSPS) is 14.4. The molecule has 3 amide bonds. The molecule has 7 N–H and O–H groups in total. The van der Waals surface area contributed by atoms with Crippen LogP contribution in [0.1, 0.15) is 12.0 Å². The molecule has 4 atom stereocenters. The van der Waals surface area contributed by atoms with Gasteiger partial charge in [0.25, 0.3) is 0 Å². The summed E-state index contributed by atoms with van der Waals surface area (Å²) in [5.74, 6) is -2.61. The van der Waals surface area contributed by atoms with E-state index >= 15 is 0 Å². The topological polar surface area (TPSA) is 171 Å². The van der Waals surface area contributed by atoms with Gasteiger partial charge in [-0.1, -0.05) is 12.1 Å². The highest BCUT2D eigenvalue weighted by molar-refractivity contribution is 7.98. The van der Waals surface area contributed by atoms with Crippen molar-refractivity contribution in [1.82, 2.24) is 16.0 Å². The van der Waals surface area contributed by atoms with Gasteiger partial charge in [0.1, 0.15) is 23.9 Å². The van der Waals surface area contributed by atoms with E-state index in [1.165, 1.54) is 23.9 Å². The predicted molar refractivity (Wildman–Crippen MR) is 134 cm³/mol. The third-order valence-electron chi connectivity index (χ3n) is 4.58. The number of carboxylic acid groups (broad SMARTS) is 1. The highest BCUT2D eigenvalue weighted by atomic mass is 32.2. The predicted octanol–water partition coefficient (Wildman–Crippen LogP) is -0.586. The van der Waals surface area contributed by atoms with Crippen molar-refractivity contribution in [3.63, 3.8) is 0 Å². The monoisotopic (exact) mass is 518 g/mol. The first kappa shape index (κ1) is 28.9. The molecule has 184 valence electrons. The Hall–Kier alpha value is -2.09. The minimum absolute atomic E-state index is 0.0437. The number of amides is 3. The van der Waals surface area contributed by atoms with E-state index in [0.29, 0.717) is 11.3 Å². The fourth-order valence-corrected chi connectivity index (χ4v) is 3.56. The number of carbonyl (C=O) groups is 4. The van der Waals surface area contributed by atoms with Gasteiger partial charge in [-0.2, -0.15) is 37.0 Å². The van der Waals surface area contributed by atoms with Crippen LogP contribution in [0.3, 0.4) is 0 Å². The molecule has 0 saturated carbocycles. The summed E-state index contributed by atoms with van der Waals surface area (Å²) in [6.45, 7) is 0. The number of carbonyl (C=O) groups excluding carboxylic acids is 3. The molecule has 0 saturated heterocycles. The Morgan fingerprint density at radius 3 is 2.00 bits per heavy atom. The van der Waals surface area contributed by atoms with Gasteiger partial charge in [-0.25, -0.2) is 4.79 Å². The summed E-state index contributed by atoms with van der Waals surface area (Å²) in [6, 6.07) is 1.79. The number of hydrogen-bond donors (Lipinski definition) is 8. The lowest BCUT2D eigenvalue weighted by Crippen LogP contribution is -2.58. The number of thioether (sulfide) groups is 1. The number of phenols is 1. The number of phenolic OH excluding ortho intramolecular Hbond substituents is 1. The van der Waals surface area contributed by atoms with Crippen LogP contribution in [0.25, 0.3) is 0 Å². The standard InChI is InChI=1S/C20H30N4O6S3/c1-33-7-6-14(20(29)30)22-19(28)16(10-32)24-18(27)15(23-17(26)13(21)9-31)8-11-2-4-12(25)5-3-11/h2-5,13-16,25,31-32H,6-10,21H2,1H3,(H,22,28)(H,23,26)(H,24,27)(H,29,30). The van der Waals surface area contributed by atoms with Crippen LogP contribution < -0.4 is 21.7 Å². The van der Waals surface area contributed by atoms with E-state index in [-0.39, 0.29) is 30.1 Å². The maximum absolute atomic E-state index is 13.0. The molecule has 1 aromatic carbocycles. The van der Waals surface area contributed by atoms with Crippen LogP contribution in [0.4, 0.5) is 0 Å². The van der Waals surface area contributed by atoms with Crippen molar-refractivity contribution in [3.05, 3.63) is 29.8 Å². The number of rotatable bonds is 14. The van der Waals surface area contributed by atoms with Crippen molar-refractivity contribution < 1.29 is 29.4 Å².